The highest BCUT2D eigenvalue weighted by atomic mass is 16.4. The Morgan fingerprint density at radius 1 is 0.552 bits per heavy atom. The van der Waals surface area contributed by atoms with E-state index in [1.165, 1.54) is 0 Å². The average molecular weight is 384 g/mol. The van der Waals surface area contributed by atoms with Crippen molar-refractivity contribution >= 4 is 10.8 Å². The highest BCUT2D eigenvalue weighted by Crippen LogP contribution is 2.24. The summed E-state index contributed by atoms with van der Waals surface area (Å²) in [5.41, 5.74) is 1.71. The minimum Gasteiger partial charge on any atom is -0.508 e. The molecule has 5 aromatic rings. The third-order valence-electron chi connectivity index (χ3n) is 4.09. The number of benzene rings is 2. The van der Waals surface area contributed by atoms with Crippen LogP contribution in [0.3, 0.4) is 0 Å². The van der Waals surface area contributed by atoms with Crippen LogP contribution >= 0.6 is 0 Å². The summed E-state index contributed by atoms with van der Waals surface area (Å²) >= 11 is 0. The van der Waals surface area contributed by atoms with E-state index >= 15 is 0 Å². The highest BCUT2D eigenvalue weighted by Gasteiger charge is 2.09. The number of fused-ring (bicyclic) bond motifs is 1. The summed E-state index contributed by atoms with van der Waals surface area (Å²) in [5, 5.41) is 28.1. The van der Waals surface area contributed by atoms with Crippen molar-refractivity contribution in [2.45, 2.75) is 0 Å². The average Bonchev–Trinajstić information content (AvgIpc) is 3.26. The van der Waals surface area contributed by atoms with Crippen molar-refractivity contribution in [3.8, 4) is 34.4 Å². The Kier molecular flexibility index (Phi) is 5.11. The molecule has 0 atom stereocenters. The normalized spacial score (nSPS) is 10.3. The Balaban J connectivity index is 0.000000150. The number of hydrogen-bond acceptors (Lipinski definition) is 7. The van der Waals surface area contributed by atoms with E-state index in [2.05, 4.69) is 20.2 Å². The molecule has 29 heavy (non-hydrogen) atoms. The van der Waals surface area contributed by atoms with Crippen LogP contribution in [-0.4, -0.2) is 30.4 Å². The van der Waals surface area contributed by atoms with E-state index in [0.29, 0.717) is 11.8 Å². The number of aromatic hydroxyl groups is 2. The first-order valence-electron chi connectivity index (χ1n) is 8.75. The molecule has 3 heterocycles. The van der Waals surface area contributed by atoms with Crippen LogP contribution in [0, 0.1) is 0 Å². The van der Waals surface area contributed by atoms with Gasteiger partial charge in [-0.15, -0.1) is 10.2 Å². The van der Waals surface area contributed by atoms with Crippen molar-refractivity contribution in [1.29, 1.82) is 0 Å². The molecule has 0 saturated carbocycles. The van der Waals surface area contributed by atoms with Crippen LogP contribution in [0.15, 0.2) is 89.9 Å². The Morgan fingerprint density at radius 3 is 1.45 bits per heavy atom. The van der Waals surface area contributed by atoms with E-state index in [1.807, 2.05) is 36.4 Å². The summed E-state index contributed by atoms with van der Waals surface area (Å²) in [4.78, 5) is 7.88. The van der Waals surface area contributed by atoms with Gasteiger partial charge >= 0.3 is 0 Å². The lowest BCUT2D eigenvalue weighted by atomic mass is 10.1. The van der Waals surface area contributed by atoms with E-state index in [0.717, 1.165) is 21.9 Å². The van der Waals surface area contributed by atoms with Crippen molar-refractivity contribution < 1.29 is 14.6 Å². The summed E-state index contributed by atoms with van der Waals surface area (Å²) in [5.74, 6) is 1.40. The largest absolute Gasteiger partial charge is 0.508 e. The Hall–Kier alpha value is -4.26. The van der Waals surface area contributed by atoms with Gasteiger partial charge in [-0.25, -0.2) is 0 Å². The Bertz CT molecular complexity index is 1130. The number of phenols is 2. The maximum Gasteiger partial charge on any atom is 0.248 e. The van der Waals surface area contributed by atoms with Gasteiger partial charge in [-0.2, -0.15) is 0 Å². The zero-order chi connectivity index (χ0) is 20.1. The number of hydrogen-bond donors (Lipinski definition) is 2. The van der Waals surface area contributed by atoms with Crippen molar-refractivity contribution in [2.75, 3.05) is 0 Å². The molecular weight excluding hydrogens is 368 g/mol. The van der Waals surface area contributed by atoms with Gasteiger partial charge in [0.25, 0.3) is 0 Å². The predicted molar refractivity (Wildman–Crippen MR) is 108 cm³/mol. The van der Waals surface area contributed by atoms with Crippen molar-refractivity contribution in [3.63, 3.8) is 0 Å². The van der Waals surface area contributed by atoms with Crippen molar-refractivity contribution in [2.24, 2.45) is 0 Å². The van der Waals surface area contributed by atoms with Gasteiger partial charge in [0, 0.05) is 35.9 Å². The molecule has 2 N–H and O–H groups in total. The van der Waals surface area contributed by atoms with Crippen LogP contribution in [0.5, 0.6) is 11.5 Å². The number of pyridine rings is 2. The number of rotatable bonds is 2. The maximum atomic E-state index is 9.14. The zero-order valence-corrected chi connectivity index (χ0v) is 15.2. The van der Waals surface area contributed by atoms with Crippen LogP contribution in [0.1, 0.15) is 0 Å². The summed E-state index contributed by atoms with van der Waals surface area (Å²) < 4.78 is 5.58. The topological polar surface area (TPSA) is 105 Å². The Labute approximate surface area is 166 Å². The van der Waals surface area contributed by atoms with Gasteiger partial charge in [-0.3, -0.25) is 9.97 Å². The molecule has 7 heteroatoms. The molecule has 5 rings (SSSR count). The van der Waals surface area contributed by atoms with Crippen molar-refractivity contribution in [3.05, 3.63) is 85.5 Å². The van der Waals surface area contributed by atoms with Gasteiger partial charge in [0.2, 0.25) is 11.8 Å². The van der Waals surface area contributed by atoms with Crippen LogP contribution in [0.4, 0.5) is 0 Å². The van der Waals surface area contributed by atoms with Crippen LogP contribution in [-0.2, 0) is 0 Å². The molecule has 0 bridgehead atoms. The van der Waals surface area contributed by atoms with E-state index in [9.17, 15) is 0 Å². The molecule has 0 radical (unpaired) electrons. The van der Waals surface area contributed by atoms with Crippen LogP contribution in [0.25, 0.3) is 33.7 Å². The van der Waals surface area contributed by atoms with Gasteiger partial charge in [-0.1, -0.05) is 12.1 Å². The summed E-state index contributed by atoms with van der Waals surface area (Å²) in [6, 6.07) is 17.4. The molecule has 0 amide bonds. The summed E-state index contributed by atoms with van der Waals surface area (Å²) in [7, 11) is 0. The summed E-state index contributed by atoms with van der Waals surface area (Å²) in [6.07, 6.45) is 6.74. The lowest BCUT2D eigenvalue weighted by Gasteiger charge is -1.98. The number of nitrogens with zero attached hydrogens (tertiary/aromatic N) is 4. The predicted octanol–water partition coefficient (Wildman–Crippen LogP) is 4.44. The lowest BCUT2D eigenvalue weighted by molar-refractivity contribution is 0.474. The van der Waals surface area contributed by atoms with Gasteiger partial charge in [-0.05, 0) is 59.3 Å². The van der Waals surface area contributed by atoms with E-state index < -0.39 is 0 Å². The first kappa shape index (κ1) is 18.1. The lowest BCUT2D eigenvalue weighted by Crippen LogP contribution is -1.77. The molecule has 2 aromatic carbocycles. The minimum atomic E-state index is 0.216. The fourth-order valence-corrected chi connectivity index (χ4v) is 2.67. The fourth-order valence-electron chi connectivity index (χ4n) is 2.67. The minimum absolute atomic E-state index is 0.216. The fraction of sp³-hybridized carbons (Fsp3) is 0. The maximum absolute atomic E-state index is 9.14. The van der Waals surface area contributed by atoms with E-state index in [1.54, 1.807) is 49.1 Å². The molecule has 7 nitrogen and oxygen atoms in total. The van der Waals surface area contributed by atoms with Gasteiger partial charge < -0.3 is 14.6 Å². The molecule has 0 fully saturated rings. The Morgan fingerprint density at radius 2 is 1.00 bits per heavy atom. The highest BCUT2D eigenvalue weighted by molar-refractivity contribution is 5.85. The summed E-state index contributed by atoms with van der Waals surface area (Å²) in [6.45, 7) is 0. The molecule has 142 valence electrons. The molecule has 0 spiro atoms. The quantitative estimate of drug-likeness (QED) is 0.463. The molecular formula is C22H16N4O3. The first-order valence-corrected chi connectivity index (χ1v) is 8.75. The SMILES string of the molecule is Oc1ccc2ccc(O)cc2c1.c1cc(-c2nnc(-c3ccncc3)o2)ccn1. The van der Waals surface area contributed by atoms with Gasteiger partial charge in [0.1, 0.15) is 11.5 Å². The second-order valence-corrected chi connectivity index (χ2v) is 6.10. The van der Waals surface area contributed by atoms with E-state index in [-0.39, 0.29) is 11.5 Å². The molecule has 0 aliphatic heterocycles. The molecule has 0 aliphatic carbocycles. The number of phenolic OH excluding ortho intramolecular Hbond substituents is 2. The third kappa shape index (κ3) is 4.36. The third-order valence-corrected chi connectivity index (χ3v) is 4.09. The van der Waals surface area contributed by atoms with Crippen LogP contribution < -0.4 is 0 Å². The van der Waals surface area contributed by atoms with E-state index in [4.69, 9.17) is 14.6 Å². The smallest absolute Gasteiger partial charge is 0.248 e. The monoisotopic (exact) mass is 384 g/mol. The molecule has 0 aliphatic rings. The second-order valence-electron chi connectivity index (χ2n) is 6.10. The van der Waals surface area contributed by atoms with Crippen molar-refractivity contribution in [1.82, 2.24) is 20.2 Å². The molecule has 0 saturated heterocycles. The number of aromatic nitrogens is 4. The molecule has 0 unspecified atom stereocenters. The molecule has 3 aromatic heterocycles. The van der Waals surface area contributed by atoms with Gasteiger partial charge in [0.05, 0.1) is 0 Å². The standard InChI is InChI=1S/C12H8N4O.C10H8O2/c1-5-13-6-2-9(1)11-15-16-12(17-11)10-3-7-14-8-4-10;11-9-3-1-7-2-4-10(12)6-8(7)5-9/h1-8H;1-6,11-12H. The van der Waals surface area contributed by atoms with Gasteiger partial charge in [0.15, 0.2) is 0 Å². The zero-order valence-electron chi connectivity index (χ0n) is 15.2. The van der Waals surface area contributed by atoms with Crippen LogP contribution in [0.2, 0.25) is 0 Å². The second kappa shape index (κ2) is 8.18. The first-order chi connectivity index (χ1) is 14.2.